The molecule has 0 aliphatic heterocycles. The Labute approximate surface area is 99.4 Å². The molecule has 0 radical (unpaired) electrons. The van der Waals surface area contributed by atoms with Crippen molar-refractivity contribution < 1.29 is 9.53 Å². The number of carbonyl (C=O) groups is 1. The molecule has 0 aliphatic rings. The summed E-state index contributed by atoms with van der Waals surface area (Å²) in [5.74, 6) is 0. The summed E-state index contributed by atoms with van der Waals surface area (Å²) in [4.78, 5) is 11.2. The minimum absolute atomic E-state index is 0.522. The summed E-state index contributed by atoms with van der Waals surface area (Å²) >= 11 is 0. The van der Waals surface area contributed by atoms with Crippen LogP contribution in [0.1, 0.15) is 5.56 Å². The summed E-state index contributed by atoms with van der Waals surface area (Å²) in [5.41, 5.74) is 8.21. The molecule has 0 aliphatic carbocycles. The first-order valence-corrected chi connectivity index (χ1v) is 5.26. The molecule has 0 saturated carbocycles. The number of rotatable bonds is 1. The highest BCUT2D eigenvalue weighted by atomic mass is 16.5. The molecule has 0 spiro atoms. The minimum Gasteiger partial charge on any atom is -0.453 e. The van der Waals surface area contributed by atoms with Crippen LogP contribution in [0.15, 0.2) is 30.3 Å². The van der Waals surface area contributed by atoms with Gasteiger partial charge in [-0.3, -0.25) is 5.32 Å². The van der Waals surface area contributed by atoms with Crippen molar-refractivity contribution in [1.29, 1.82) is 0 Å². The summed E-state index contributed by atoms with van der Waals surface area (Å²) in [5, 5.41) is 4.62. The van der Waals surface area contributed by atoms with E-state index in [1.165, 1.54) is 7.11 Å². The van der Waals surface area contributed by atoms with E-state index >= 15 is 0 Å². The fourth-order valence-corrected chi connectivity index (χ4v) is 1.84. The average molecular weight is 230 g/mol. The predicted molar refractivity (Wildman–Crippen MR) is 69.1 cm³/mol. The van der Waals surface area contributed by atoms with E-state index in [1.54, 1.807) is 0 Å². The smallest absolute Gasteiger partial charge is 0.411 e. The molecule has 4 heteroatoms. The Balaban J connectivity index is 2.58. The average Bonchev–Trinajstić information content (AvgIpc) is 2.35. The Morgan fingerprint density at radius 2 is 1.94 bits per heavy atom. The van der Waals surface area contributed by atoms with Crippen molar-refractivity contribution in [2.24, 2.45) is 0 Å². The van der Waals surface area contributed by atoms with Gasteiger partial charge in [-0.05, 0) is 23.9 Å². The number of benzene rings is 2. The molecule has 0 atom stereocenters. The summed E-state index contributed by atoms with van der Waals surface area (Å²) in [6.45, 7) is 1.98. The van der Waals surface area contributed by atoms with Crippen molar-refractivity contribution >= 4 is 28.2 Å². The van der Waals surface area contributed by atoms with Gasteiger partial charge in [-0.2, -0.15) is 0 Å². The first kappa shape index (κ1) is 11.3. The Morgan fingerprint density at radius 1 is 1.29 bits per heavy atom. The van der Waals surface area contributed by atoms with Gasteiger partial charge in [0.2, 0.25) is 0 Å². The lowest BCUT2D eigenvalue weighted by atomic mass is 10.0. The molecule has 88 valence electrons. The van der Waals surface area contributed by atoms with Gasteiger partial charge in [0.1, 0.15) is 0 Å². The van der Waals surface area contributed by atoms with E-state index in [1.807, 2.05) is 37.3 Å². The molecule has 0 heterocycles. The Kier molecular flexibility index (Phi) is 2.87. The second kappa shape index (κ2) is 4.33. The molecule has 0 unspecified atom stereocenters. The minimum atomic E-state index is -0.522. The fourth-order valence-electron chi connectivity index (χ4n) is 1.84. The second-order valence-electron chi connectivity index (χ2n) is 3.82. The number of hydrogen-bond acceptors (Lipinski definition) is 3. The zero-order chi connectivity index (χ0) is 12.4. The van der Waals surface area contributed by atoms with Gasteiger partial charge in [-0.15, -0.1) is 0 Å². The predicted octanol–water partition coefficient (Wildman–Crippen LogP) is 2.91. The van der Waals surface area contributed by atoms with Crippen LogP contribution in [0.25, 0.3) is 10.8 Å². The molecule has 0 bridgehead atoms. The molecule has 2 aromatic carbocycles. The van der Waals surface area contributed by atoms with E-state index < -0.39 is 6.09 Å². The molecular weight excluding hydrogens is 216 g/mol. The third-order valence-electron chi connectivity index (χ3n) is 2.72. The van der Waals surface area contributed by atoms with Crippen molar-refractivity contribution in [2.45, 2.75) is 6.92 Å². The van der Waals surface area contributed by atoms with Crippen molar-refractivity contribution in [3.8, 4) is 0 Å². The molecular formula is C13H14N2O2. The summed E-state index contributed by atoms with van der Waals surface area (Å²) < 4.78 is 4.56. The topological polar surface area (TPSA) is 64.3 Å². The maximum Gasteiger partial charge on any atom is 0.411 e. The molecule has 0 fully saturated rings. The molecule has 4 nitrogen and oxygen atoms in total. The van der Waals surface area contributed by atoms with Crippen LogP contribution in [0, 0.1) is 6.92 Å². The number of nitrogen functional groups attached to an aromatic ring is 1. The molecule has 1 amide bonds. The zero-order valence-electron chi connectivity index (χ0n) is 9.78. The van der Waals surface area contributed by atoms with Crippen LogP contribution in [0.4, 0.5) is 16.2 Å². The number of amides is 1. The zero-order valence-corrected chi connectivity index (χ0v) is 9.78. The largest absolute Gasteiger partial charge is 0.453 e. The second-order valence-corrected chi connectivity index (χ2v) is 3.82. The van der Waals surface area contributed by atoms with Crippen LogP contribution in [0.5, 0.6) is 0 Å². The molecule has 17 heavy (non-hydrogen) atoms. The monoisotopic (exact) mass is 230 g/mol. The van der Waals surface area contributed by atoms with Gasteiger partial charge in [-0.1, -0.05) is 24.3 Å². The van der Waals surface area contributed by atoms with Gasteiger partial charge in [0.05, 0.1) is 18.5 Å². The highest BCUT2D eigenvalue weighted by molar-refractivity contribution is 6.03. The molecule has 2 aromatic rings. The molecule has 2 rings (SSSR count). The lowest BCUT2D eigenvalue weighted by Crippen LogP contribution is -2.12. The van der Waals surface area contributed by atoms with Crippen molar-refractivity contribution in [3.63, 3.8) is 0 Å². The highest BCUT2D eigenvalue weighted by Gasteiger charge is 2.09. The number of carbonyl (C=O) groups excluding carboxylic acids is 1. The molecule has 0 saturated heterocycles. The third-order valence-corrected chi connectivity index (χ3v) is 2.72. The lowest BCUT2D eigenvalue weighted by Gasteiger charge is -2.12. The van der Waals surface area contributed by atoms with Crippen LogP contribution in [-0.2, 0) is 4.74 Å². The summed E-state index contributed by atoms with van der Waals surface area (Å²) in [6, 6.07) is 9.65. The number of hydrogen-bond donors (Lipinski definition) is 2. The first-order valence-electron chi connectivity index (χ1n) is 5.26. The van der Waals surface area contributed by atoms with Gasteiger partial charge in [0.25, 0.3) is 0 Å². The van der Waals surface area contributed by atoms with Crippen molar-refractivity contribution in [3.05, 3.63) is 35.9 Å². The number of fused-ring (bicyclic) bond motifs is 1. The van der Waals surface area contributed by atoms with Crippen LogP contribution < -0.4 is 11.1 Å². The fraction of sp³-hybridized carbons (Fsp3) is 0.154. The van der Waals surface area contributed by atoms with Crippen LogP contribution in [0.3, 0.4) is 0 Å². The Morgan fingerprint density at radius 3 is 2.59 bits per heavy atom. The van der Waals surface area contributed by atoms with Gasteiger partial charge in [0.15, 0.2) is 0 Å². The quantitative estimate of drug-likeness (QED) is 0.740. The van der Waals surface area contributed by atoms with Crippen LogP contribution in [0.2, 0.25) is 0 Å². The number of methoxy groups -OCH3 is 1. The van der Waals surface area contributed by atoms with Gasteiger partial charge < -0.3 is 10.5 Å². The van der Waals surface area contributed by atoms with E-state index in [2.05, 4.69) is 10.1 Å². The van der Waals surface area contributed by atoms with Crippen LogP contribution in [-0.4, -0.2) is 13.2 Å². The molecule has 0 aromatic heterocycles. The normalized spacial score (nSPS) is 10.2. The van der Waals surface area contributed by atoms with E-state index in [4.69, 9.17) is 5.73 Å². The van der Waals surface area contributed by atoms with E-state index in [0.29, 0.717) is 11.4 Å². The SMILES string of the molecule is COC(=O)Nc1cc(C)c2ccccc2c1N. The highest BCUT2D eigenvalue weighted by Crippen LogP contribution is 2.31. The van der Waals surface area contributed by atoms with Crippen molar-refractivity contribution in [1.82, 2.24) is 0 Å². The van der Waals surface area contributed by atoms with Gasteiger partial charge >= 0.3 is 6.09 Å². The summed E-state index contributed by atoms with van der Waals surface area (Å²) in [7, 11) is 1.32. The standard InChI is InChI=1S/C13H14N2O2/c1-8-7-11(15-13(16)17-2)12(14)10-6-4-3-5-9(8)10/h3-7H,14H2,1-2H3,(H,15,16). The number of nitrogens with two attached hydrogens (primary N) is 1. The Hall–Kier alpha value is -2.23. The van der Waals surface area contributed by atoms with Crippen LogP contribution >= 0.6 is 0 Å². The van der Waals surface area contributed by atoms with Crippen molar-refractivity contribution in [2.75, 3.05) is 18.2 Å². The number of aryl methyl sites for hydroxylation is 1. The maximum absolute atomic E-state index is 11.2. The Bertz CT molecular complexity index is 579. The van der Waals surface area contributed by atoms with Gasteiger partial charge in [0, 0.05) is 5.39 Å². The number of ether oxygens (including phenoxy) is 1. The summed E-state index contributed by atoms with van der Waals surface area (Å²) in [6.07, 6.45) is -0.522. The number of nitrogens with one attached hydrogen (secondary N) is 1. The lowest BCUT2D eigenvalue weighted by molar-refractivity contribution is 0.187. The maximum atomic E-state index is 11.2. The molecule has 3 N–H and O–H groups in total. The first-order chi connectivity index (χ1) is 8.13. The van der Waals surface area contributed by atoms with E-state index in [0.717, 1.165) is 16.3 Å². The number of anilines is 2. The third kappa shape index (κ3) is 2.01. The van der Waals surface area contributed by atoms with E-state index in [9.17, 15) is 4.79 Å². The van der Waals surface area contributed by atoms with Gasteiger partial charge in [-0.25, -0.2) is 4.79 Å². The van der Waals surface area contributed by atoms with E-state index in [-0.39, 0.29) is 0 Å².